The Hall–Kier alpha value is -2.57. The van der Waals surface area contributed by atoms with E-state index in [0.29, 0.717) is 38.5 Å². The largest absolute Gasteiger partial charge is 0.348 e. The maximum atomic E-state index is 11.9. The van der Waals surface area contributed by atoms with E-state index in [2.05, 4.69) is 10.6 Å². The summed E-state index contributed by atoms with van der Waals surface area (Å²) < 4.78 is 0. The van der Waals surface area contributed by atoms with Crippen LogP contribution in [0.4, 0.5) is 4.79 Å². The molecule has 0 spiro atoms. The van der Waals surface area contributed by atoms with E-state index in [-0.39, 0.29) is 6.03 Å². The van der Waals surface area contributed by atoms with Crippen molar-refractivity contribution in [2.75, 3.05) is 40.3 Å². The first kappa shape index (κ1) is 19.8. The molecule has 1 heterocycles. The number of piperidine rings is 1. The van der Waals surface area contributed by atoms with Gasteiger partial charge in [-0.25, -0.2) is 4.79 Å². The third-order valence-electron chi connectivity index (χ3n) is 4.57. The lowest BCUT2D eigenvalue weighted by Gasteiger charge is -2.33. The third kappa shape index (κ3) is 6.06. The van der Waals surface area contributed by atoms with Crippen LogP contribution in [0.15, 0.2) is 30.3 Å². The van der Waals surface area contributed by atoms with Gasteiger partial charge in [0.15, 0.2) is 0 Å². The second kappa shape index (κ2) is 9.79. The third-order valence-corrected chi connectivity index (χ3v) is 4.57. The van der Waals surface area contributed by atoms with Gasteiger partial charge in [0.1, 0.15) is 0 Å². The summed E-state index contributed by atoms with van der Waals surface area (Å²) in [6, 6.07) is 9.82. The predicted molar refractivity (Wildman–Crippen MR) is 99.5 cm³/mol. The molecule has 1 fully saturated rings. The number of benzene rings is 1. The molecule has 1 aliphatic rings. The molecule has 4 amide bonds. The van der Waals surface area contributed by atoms with Gasteiger partial charge in [-0.15, -0.1) is 0 Å². The van der Waals surface area contributed by atoms with Crippen molar-refractivity contribution in [3.05, 3.63) is 35.9 Å². The Morgan fingerprint density at radius 1 is 1.04 bits per heavy atom. The summed E-state index contributed by atoms with van der Waals surface area (Å²) >= 11 is 0. The lowest BCUT2D eigenvalue weighted by atomic mass is 9.97. The SMILES string of the molecule is CN(C)C(=O)N1CCC(CNC(=O)C(=O)NCCc2ccccc2)CC1. The van der Waals surface area contributed by atoms with Crippen LogP contribution >= 0.6 is 0 Å². The lowest BCUT2D eigenvalue weighted by Crippen LogP contribution is -2.47. The van der Waals surface area contributed by atoms with Gasteiger partial charge >= 0.3 is 17.8 Å². The molecule has 7 nitrogen and oxygen atoms in total. The summed E-state index contributed by atoms with van der Waals surface area (Å²) in [6.45, 7) is 2.26. The van der Waals surface area contributed by atoms with Crippen molar-refractivity contribution >= 4 is 17.8 Å². The number of carbonyl (C=O) groups excluding carboxylic acids is 3. The number of nitrogens with zero attached hydrogens (tertiary/aromatic N) is 2. The van der Waals surface area contributed by atoms with Gasteiger partial charge in [-0.05, 0) is 30.7 Å². The van der Waals surface area contributed by atoms with Gasteiger partial charge in [0, 0.05) is 40.3 Å². The van der Waals surface area contributed by atoms with Crippen LogP contribution in [0.1, 0.15) is 18.4 Å². The fourth-order valence-corrected chi connectivity index (χ4v) is 2.97. The number of urea groups is 1. The van der Waals surface area contributed by atoms with Crippen molar-refractivity contribution in [1.82, 2.24) is 20.4 Å². The Labute approximate surface area is 154 Å². The fraction of sp³-hybridized carbons (Fsp3) is 0.526. The van der Waals surface area contributed by atoms with Crippen LogP contribution in [0.3, 0.4) is 0 Å². The maximum Gasteiger partial charge on any atom is 0.319 e. The highest BCUT2D eigenvalue weighted by molar-refractivity contribution is 6.35. The Bertz CT molecular complexity index is 610. The lowest BCUT2D eigenvalue weighted by molar-refractivity contribution is -0.139. The minimum absolute atomic E-state index is 0.0188. The van der Waals surface area contributed by atoms with E-state index in [1.54, 1.807) is 19.0 Å². The number of nitrogens with one attached hydrogen (secondary N) is 2. The smallest absolute Gasteiger partial charge is 0.319 e. The van der Waals surface area contributed by atoms with Crippen molar-refractivity contribution in [3.8, 4) is 0 Å². The standard InChI is InChI=1S/C19H28N4O3/c1-22(2)19(26)23-12-9-16(10-13-23)14-21-18(25)17(24)20-11-8-15-6-4-3-5-7-15/h3-7,16H,8-14H2,1-2H3,(H,20,24)(H,21,25). The van der Waals surface area contributed by atoms with E-state index in [1.165, 1.54) is 0 Å². The van der Waals surface area contributed by atoms with E-state index < -0.39 is 11.8 Å². The molecule has 7 heteroatoms. The molecule has 2 N–H and O–H groups in total. The first-order chi connectivity index (χ1) is 12.5. The number of hydrogen-bond donors (Lipinski definition) is 2. The van der Waals surface area contributed by atoms with Crippen molar-refractivity contribution < 1.29 is 14.4 Å². The number of rotatable bonds is 5. The summed E-state index contributed by atoms with van der Waals surface area (Å²) in [7, 11) is 3.48. The minimum atomic E-state index is -0.596. The molecular weight excluding hydrogens is 332 g/mol. The number of hydrogen-bond acceptors (Lipinski definition) is 3. The van der Waals surface area contributed by atoms with Crippen molar-refractivity contribution in [2.24, 2.45) is 5.92 Å². The van der Waals surface area contributed by atoms with E-state index >= 15 is 0 Å². The molecule has 0 unspecified atom stereocenters. The molecule has 1 aliphatic heterocycles. The average Bonchev–Trinajstić information content (AvgIpc) is 2.66. The van der Waals surface area contributed by atoms with E-state index in [9.17, 15) is 14.4 Å². The first-order valence-corrected chi connectivity index (χ1v) is 9.03. The van der Waals surface area contributed by atoms with Crippen LogP contribution < -0.4 is 10.6 Å². The zero-order valence-corrected chi connectivity index (χ0v) is 15.5. The Balaban J connectivity index is 1.62. The maximum absolute atomic E-state index is 11.9. The Morgan fingerprint density at radius 2 is 1.65 bits per heavy atom. The second-order valence-corrected chi connectivity index (χ2v) is 6.81. The molecule has 0 saturated carbocycles. The van der Waals surface area contributed by atoms with Crippen LogP contribution in [0.5, 0.6) is 0 Å². The minimum Gasteiger partial charge on any atom is -0.348 e. The zero-order chi connectivity index (χ0) is 18.9. The van der Waals surface area contributed by atoms with Crippen LogP contribution in [0, 0.1) is 5.92 Å². The van der Waals surface area contributed by atoms with Gasteiger partial charge in [-0.3, -0.25) is 9.59 Å². The molecule has 0 aliphatic carbocycles. The number of carbonyl (C=O) groups is 3. The molecule has 2 rings (SSSR count). The molecule has 0 aromatic heterocycles. The summed E-state index contributed by atoms with van der Waals surface area (Å²) in [6.07, 6.45) is 2.35. The topological polar surface area (TPSA) is 81.8 Å². The Morgan fingerprint density at radius 3 is 2.27 bits per heavy atom. The van der Waals surface area contributed by atoms with Crippen molar-refractivity contribution in [1.29, 1.82) is 0 Å². The molecule has 1 aromatic rings. The summed E-state index contributed by atoms with van der Waals surface area (Å²) in [5.74, 6) is -0.895. The monoisotopic (exact) mass is 360 g/mol. The van der Waals surface area contributed by atoms with E-state index in [1.807, 2.05) is 35.2 Å². The van der Waals surface area contributed by atoms with Crippen LogP contribution in [-0.4, -0.2) is 67.9 Å². The van der Waals surface area contributed by atoms with Gasteiger partial charge < -0.3 is 20.4 Å². The molecule has 0 atom stereocenters. The highest BCUT2D eigenvalue weighted by Gasteiger charge is 2.24. The van der Waals surface area contributed by atoms with Gasteiger partial charge in [0.2, 0.25) is 0 Å². The van der Waals surface area contributed by atoms with Crippen molar-refractivity contribution in [2.45, 2.75) is 19.3 Å². The normalized spacial score (nSPS) is 14.6. The fourth-order valence-electron chi connectivity index (χ4n) is 2.97. The first-order valence-electron chi connectivity index (χ1n) is 9.03. The highest BCUT2D eigenvalue weighted by Crippen LogP contribution is 2.17. The van der Waals surface area contributed by atoms with Crippen LogP contribution in [0.25, 0.3) is 0 Å². The van der Waals surface area contributed by atoms with Crippen LogP contribution in [-0.2, 0) is 16.0 Å². The van der Waals surface area contributed by atoms with Gasteiger partial charge in [-0.2, -0.15) is 0 Å². The summed E-state index contributed by atoms with van der Waals surface area (Å²) in [4.78, 5) is 39.0. The van der Waals surface area contributed by atoms with Gasteiger partial charge in [0.05, 0.1) is 0 Å². The van der Waals surface area contributed by atoms with E-state index in [0.717, 1.165) is 18.4 Å². The molecule has 1 aromatic carbocycles. The quantitative estimate of drug-likeness (QED) is 0.764. The summed E-state index contributed by atoms with van der Waals surface area (Å²) in [5.41, 5.74) is 1.12. The van der Waals surface area contributed by atoms with Crippen molar-refractivity contribution in [3.63, 3.8) is 0 Å². The molecule has 0 radical (unpaired) electrons. The second-order valence-electron chi connectivity index (χ2n) is 6.81. The molecule has 26 heavy (non-hydrogen) atoms. The van der Waals surface area contributed by atoms with Gasteiger partial charge in [0.25, 0.3) is 0 Å². The summed E-state index contributed by atoms with van der Waals surface area (Å²) in [5, 5.41) is 5.35. The average molecular weight is 360 g/mol. The predicted octanol–water partition coefficient (Wildman–Crippen LogP) is 0.855. The van der Waals surface area contributed by atoms with Gasteiger partial charge in [-0.1, -0.05) is 30.3 Å². The van der Waals surface area contributed by atoms with Crippen LogP contribution in [0.2, 0.25) is 0 Å². The van der Waals surface area contributed by atoms with E-state index in [4.69, 9.17) is 0 Å². The Kier molecular flexibility index (Phi) is 7.44. The number of amides is 4. The zero-order valence-electron chi connectivity index (χ0n) is 15.5. The molecular formula is C19H28N4O3. The molecule has 142 valence electrons. The molecule has 0 bridgehead atoms. The highest BCUT2D eigenvalue weighted by atomic mass is 16.2. The molecule has 1 saturated heterocycles. The number of likely N-dealkylation sites (tertiary alicyclic amines) is 1.